The highest BCUT2D eigenvalue weighted by Gasteiger charge is 2.26. The maximum Gasteiger partial charge on any atom is 0.224 e. The predicted molar refractivity (Wildman–Crippen MR) is 66.7 cm³/mol. The highest BCUT2D eigenvalue weighted by Crippen LogP contribution is 2.21. The van der Waals surface area contributed by atoms with Gasteiger partial charge >= 0.3 is 0 Å². The van der Waals surface area contributed by atoms with Gasteiger partial charge in [0, 0.05) is 38.2 Å². The van der Waals surface area contributed by atoms with Crippen LogP contribution in [-0.4, -0.2) is 47.7 Å². The number of aliphatic hydroxyl groups excluding tert-OH is 1. The van der Waals surface area contributed by atoms with Gasteiger partial charge in [-0.15, -0.1) is 0 Å². The molecule has 0 aromatic rings. The lowest BCUT2D eigenvalue weighted by atomic mass is 9.99. The Morgan fingerprint density at radius 2 is 2.12 bits per heavy atom. The molecule has 0 aromatic heterocycles. The van der Waals surface area contributed by atoms with Gasteiger partial charge in [-0.1, -0.05) is 0 Å². The minimum Gasteiger partial charge on any atom is -0.396 e. The number of piperidine rings is 1. The number of aliphatic hydroxyl groups is 1. The first-order valence-corrected chi connectivity index (χ1v) is 6.95. The molecule has 1 aliphatic heterocycles. The number of carbonyl (C=O) groups excluding carboxylic acids is 1. The third-order valence-corrected chi connectivity index (χ3v) is 3.76. The van der Waals surface area contributed by atoms with Gasteiger partial charge in [-0.2, -0.15) is 0 Å². The van der Waals surface area contributed by atoms with Crippen molar-refractivity contribution in [1.82, 2.24) is 10.2 Å². The van der Waals surface area contributed by atoms with Gasteiger partial charge in [0.1, 0.15) is 0 Å². The van der Waals surface area contributed by atoms with E-state index in [0.717, 1.165) is 32.4 Å². The zero-order chi connectivity index (χ0) is 12.1. The number of nitrogens with zero attached hydrogens (tertiary/aromatic N) is 1. The summed E-state index contributed by atoms with van der Waals surface area (Å²) in [7, 11) is 0. The van der Waals surface area contributed by atoms with Crippen LogP contribution in [0.5, 0.6) is 0 Å². The highest BCUT2D eigenvalue weighted by atomic mass is 16.3. The van der Waals surface area contributed by atoms with Crippen LogP contribution in [0.3, 0.4) is 0 Å². The summed E-state index contributed by atoms with van der Waals surface area (Å²) in [5.74, 6) is 0.260. The van der Waals surface area contributed by atoms with Gasteiger partial charge in [-0.05, 0) is 38.5 Å². The van der Waals surface area contributed by atoms with Crippen LogP contribution in [-0.2, 0) is 4.79 Å². The fraction of sp³-hybridized carbons (Fsp3) is 0.923. The van der Waals surface area contributed by atoms with Gasteiger partial charge in [0.25, 0.3) is 0 Å². The number of hydrogen-bond donors (Lipinski definition) is 2. The molecular weight excluding hydrogens is 216 g/mol. The SMILES string of the molecule is O=C(CCNC1CC1)N1CCCCC1CCO. The summed E-state index contributed by atoms with van der Waals surface area (Å²) in [6.07, 6.45) is 7.25. The second kappa shape index (κ2) is 6.36. The standard InChI is InChI=1S/C13H24N2O2/c16-10-7-12-3-1-2-9-15(12)13(17)6-8-14-11-4-5-11/h11-12,14,16H,1-10H2. The van der Waals surface area contributed by atoms with E-state index in [4.69, 9.17) is 5.11 Å². The molecule has 0 radical (unpaired) electrons. The van der Waals surface area contributed by atoms with E-state index in [-0.39, 0.29) is 18.6 Å². The molecule has 17 heavy (non-hydrogen) atoms. The average molecular weight is 240 g/mol. The lowest BCUT2D eigenvalue weighted by molar-refractivity contribution is -0.135. The van der Waals surface area contributed by atoms with E-state index in [0.29, 0.717) is 12.5 Å². The topological polar surface area (TPSA) is 52.6 Å². The molecule has 2 aliphatic rings. The fourth-order valence-corrected chi connectivity index (χ4v) is 2.59. The Kier molecular flexibility index (Phi) is 4.80. The van der Waals surface area contributed by atoms with Crippen LogP contribution in [0.2, 0.25) is 0 Å². The molecule has 1 heterocycles. The maximum atomic E-state index is 12.1. The van der Waals surface area contributed by atoms with Crippen LogP contribution >= 0.6 is 0 Å². The summed E-state index contributed by atoms with van der Waals surface area (Å²) in [6.45, 7) is 1.88. The molecule has 2 N–H and O–H groups in total. The Hall–Kier alpha value is -0.610. The summed E-state index contributed by atoms with van der Waals surface area (Å²) in [6, 6.07) is 0.958. The second-order valence-electron chi connectivity index (χ2n) is 5.23. The molecule has 0 spiro atoms. The lowest BCUT2D eigenvalue weighted by Crippen LogP contribution is -2.45. The van der Waals surface area contributed by atoms with E-state index in [2.05, 4.69) is 5.32 Å². The number of rotatable bonds is 6. The van der Waals surface area contributed by atoms with E-state index >= 15 is 0 Å². The molecule has 2 rings (SSSR count). The van der Waals surface area contributed by atoms with Crippen molar-refractivity contribution in [3.05, 3.63) is 0 Å². The van der Waals surface area contributed by atoms with E-state index in [1.807, 2.05) is 4.90 Å². The zero-order valence-corrected chi connectivity index (χ0v) is 10.5. The largest absolute Gasteiger partial charge is 0.396 e. The van der Waals surface area contributed by atoms with Gasteiger partial charge in [-0.25, -0.2) is 0 Å². The number of likely N-dealkylation sites (tertiary alicyclic amines) is 1. The van der Waals surface area contributed by atoms with E-state index < -0.39 is 0 Å². The third-order valence-electron chi connectivity index (χ3n) is 3.76. The average Bonchev–Trinajstić information content (AvgIpc) is 3.14. The van der Waals surface area contributed by atoms with E-state index in [1.165, 1.54) is 19.3 Å². The minimum atomic E-state index is 0.189. The van der Waals surface area contributed by atoms with Gasteiger partial charge in [0.05, 0.1) is 0 Å². The molecule has 1 atom stereocenters. The normalized spacial score (nSPS) is 25.0. The fourth-order valence-electron chi connectivity index (χ4n) is 2.59. The molecule has 4 nitrogen and oxygen atoms in total. The zero-order valence-electron chi connectivity index (χ0n) is 10.5. The summed E-state index contributed by atoms with van der Waals surface area (Å²) >= 11 is 0. The Bertz CT molecular complexity index is 252. The monoisotopic (exact) mass is 240 g/mol. The second-order valence-corrected chi connectivity index (χ2v) is 5.23. The van der Waals surface area contributed by atoms with Crippen LogP contribution in [0.25, 0.3) is 0 Å². The Balaban J connectivity index is 1.73. The predicted octanol–water partition coefficient (Wildman–Crippen LogP) is 0.892. The molecule has 1 amide bonds. The molecule has 4 heteroatoms. The Morgan fingerprint density at radius 3 is 2.82 bits per heavy atom. The molecule has 1 saturated heterocycles. The van der Waals surface area contributed by atoms with Crippen molar-refractivity contribution in [2.75, 3.05) is 19.7 Å². The van der Waals surface area contributed by atoms with Gasteiger partial charge in [-0.3, -0.25) is 4.79 Å². The third kappa shape index (κ3) is 3.96. The lowest BCUT2D eigenvalue weighted by Gasteiger charge is -2.35. The molecule has 1 saturated carbocycles. The summed E-state index contributed by atoms with van der Waals surface area (Å²) < 4.78 is 0. The Morgan fingerprint density at radius 1 is 1.29 bits per heavy atom. The van der Waals surface area contributed by atoms with E-state index in [9.17, 15) is 4.79 Å². The summed E-state index contributed by atoms with van der Waals surface area (Å²) in [5.41, 5.74) is 0. The highest BCUT2D eigenvalue weighted by molar-refractivity contribution is 5.76. The quantitative estimate of drug-likeness (QED) is 0.725. The number of hydrogen-bond acceptors (Lipinski definition) is 3. The number of amides is 1. The molecule has 0 aromatic carbocycles. The van der Waals surface area contributed by atoms with Crippen molar-refractivity contribution in [1.29, 1.82) is 0 Å². The van der Waals surface area contributed by atoms with Crippen LogP contribution < -0.4 is 5.32 Å². The van der Waals surface area contributed by atoms with Gasteiger partial charge in [0.2, 0.25) is 5.91 Å². The number of carbonyl (C=O) groups is 1. The van der Waals surface area contributed by atoms with Crippen molar-refractivity contribution in [3.8, 4) is 0 Å². The molecule has 2 fully saturated rings. The molecule has 1 aliphatic carbocycles. The van der Waals surface area contributed by atoms with Crippen LogP contribution in [0, 0.1) is 0 Å². The van der Waals surface area contributed by atoms with Crippen LogP contribution in [0.4, 0.5) is 0 Å². The van der Waals surface area contributed by atoms with Crippen LogP contribution in [0.15, 0.2) is 0 Å². The van der Waals surface area contributed by atoms with Crippen molar-refractivity contribution in [2.24, 2.45) is 0 Å². The van der Waals surface area contributed by atoms with E-state index in [1.54, 1.807) is 0 Å². The van der Waals surface area contributed by atoms with Crippen molar-refractivity contribution < 1.29 is 9.90 Å². The first-order valence-electron chi connectivity index (χ1n) is 6.95. The first kappa shape index (κ1) is 12.8. The van der Waals surface area contributed by atoms with Crippen molar-refractivity contribution in [3.63, 3.8) is 0 Å². The maximum absolute atomic E-state index is 12.1. The number of nitrogens with one attached hydrogen (secondary N) is 1. The molecular formula is C13H24N2O2. The molecule has 98 valence electrons. The van der Waals surface area contributed by atoms with Gasteiger partial charge in [0.15, 0.2) is 0 Å². The van der Waals surface area contributed by atoms with Crippen molar-refractivity contribution in [2.45, 2.75) is 57.0 Å². The summed E-state index contributed by atoms with van der Waals surface area (Å²) in [5, 5.41) is 12.4. The first-order chi connectivity index (χ1) is 8.31. The van der Waals surface area contributed by atoms with Crippen molar-refractivity contribution >= 4 is 5.91 Å². The van der Waals surface area contributed by atoms with Gasteiger partial charge < -0.3 is 15.3 Å². The minimum absolute atomic E-state index is 0.189. The molecule has 1 unspecified atom stereocenters. The molecule has 0 bridgehead atoms. The smallest absolute Gasteiger partial charge is 0.224 e. The summed E-state index contributed by atoms with van der Waals surface area (Å²) in [4.78, 5) is 14.1. The Labute approximate surface area is 103 Å². The van der Waals surface area contributed by atoms with Crippen LogP contribution in [0.1, 0.15) is 44.9 Å².